The van der Waals surface area contributed by atoms with E-state index in [0.29, 0.717) is 12.0 Å². The van der Waals surface area contributed by atoms with Crippen LogP contribution in [0.25, 0.3) is 0 Å². The van der Waals surface area contributed by atoms with Gasteiger partial charge in [-0.1, -0.05) is 26.7 Å². The predicted octanol–water partition coefficient (Wildman–Crippen LogP) is 2.87. The van der Waals surface area contributed by atoms with E-state index in [0.717, 1.165) is 44.4 Å². The largest absolute Gasteiger partial charge is 0.393 e. The van der Waals surface area contributed by atoms with Gasteiger partial charge in [0.05, 0.1) is 6.10 Å². The van der Waals surface area contributed by atoms with E-state index in [-0.39, 0.29) is 17.9 Å². The smallest absolute Gasteiger partial charge is 0.223 e. The Bertz CT molecular complexity index is 295. The van der Waals surface area contributed by atoms with E-state index in [1.165, 1.54) is 12.8 Å². The molecule has 0 bridgehead atoms. The molecule has 0 saturated heterocycles. The number of hydrogen-bond donors (Lipinski definition) is 2. The number of nitrogens with one attached hydrogen (secondary N) is 1. The average Bonchev–Trinajstić information content (AvgIpc) is 2.41. The van der Waals surface area contributed by atoms with Crippen LogP contribution in [0.4, 0.5) is 0 Å². The molecule has 2 N–H and O–H groups in total. The molecule has 0 aromatic heterocycles. The van der Waals surface area contributed by atoms with Gasteiger partial charge < -0.3 is 10.4 Å². The summed E-state index contributed by atoms with van der Waals surface area (Å²) in [4.78, 5) is 12.3. The summed E-state index contributed by atoms with van der Waals surface area (Å²) in [5, 5.41) is 12.7. The zero-order valence-electron chi connectivity index (χ0n) is 12.4. The molecular formula is C16H29NO2. The highest BCUT2D eigenvalue weighted by Gasteiger charge is 2.30. The summed E-state index contributed by atoms with van der Waals surface area (Å²) >= 11 is 0. The summed E-state index contributed by atoms with van der Waals surface area (Å²) in [7, 11) is 0. The maximum atomic E-state index is 12.3. The lowest BCUT2D eigenvalue weighted by atomic mass is 9.76. The summed E-state index contributed by atoms with van der Waals surface area (Å²) in [5.74, 6) is 1.91. The number of aliphatic hydroxyl groups excluding tert-OH is 1. The first-order valence-electron chi connectivity index (χ1n) is 8.04. The van der Waals surface area contributed by atoms with Gasteiger partial charge in [0.25, 0.3) is 0 Å². The third-order valence-corrected chi connectivity index (χ3v) is 5.07. The molecule has 3 heteroatoms. The molecule has 3 nitrogen and oxygen atoms in total. The van der Waals surface area contributed by atoms with Crippen LogP contribution in [0.2, 0.25) is 0 Å². The number of carbonyl (C=O) groups excluding carboxylic acids is 1. The minimum atomic E-state index is -0.145. The molecule has 2 aliphatic rings. The second-order valence-electron chi connectivity index (χ2n) is 6.88. The fourth-order valence-electron chi connectivity index (χ4n) is 3.61. The van der Waals surface area contributed by atoms with E-state index in [4.69, 9.17) is 0 Å². The van der Waals surface area contributed by atoms with Crippen molar-refractivity contribution in [2.24, 2.45) is 17.8 Å². The Morgan fingerprint density at radius 3 is 2.42 bits per heavy atom. The third kappa shape index (κ3) is 4.20. The maximum absolute atomic E-state index is 12.3. The number of hydrogen-bond acceptors (Lipinski definition) is 2. The summed E-state index contributed by atoms with van der Waals surface area (Å²) < 4.78 is 0. The highest BCUT2D eigenvalue weighted by atomic mass is 16.3. The van der Waals surface area contributed by atoms with Crippen LogP contribution in [0.5, 0.6) is 0 Å². The maximum Gasteiger partial charge on any atom is 0.223 e. The van der Waals surface area contributed by atoms with Crippen LogP contribution in [-0.4, -0.2) is 23.2 Å². The lowest BCUT2D eigenvalue weighted by molar-refractivity contribution is -0.127. The van der Waals surface area contributed by atoms with Crippen molar-refractivity contribution in [1.29, 1.82) is 0 Å². The Balaban J connectivity index is 1.79. The first kappa shape index (κ1) is 14.8. The summed E-state index contributed by atoms with van der Waals surface area (Å²) in [5.41, 5.74) is 0. The fraction of sp³-hybridized carbons (Fsp3) is 0.938. The number of rotatable bonds is 3. The molecule has 0 heterocycles. The molecular weight excluding hydrogens is 238 g/mol. The Morgan fingerprint density at radius 1 is 1.11 bits per heavy atom. The molecule has 19 heavy (non-hydrogen) atoms. The van der Waals surface area contributed by atoms with Crippen LogP contribution >= 0.6 is 0 Å². The quantitative estimate of drug-likeness (QED) is 0.826. The van der Waals surface area contributed by atoms with Crippen molar-refractivity contribution in [3.05, 3.63) is 0 Å². The standard InChI is InChI=1S/C16H29NO2/c1-11(2)12-4-3-5-13(10-12)16(19)17-14-6-8-15(18)9-7-14/h11-15,18H,3-10H2,1-2H3,(H,17,19). The van der Waals surface area contributed by atoms with Crippen molar-refractivity contribution in [2.45, 2.75) is 77.4 Å². The molecule has 0 aromatic carbocycles. The normalized spacial score (nSPS) is 36.2. The van der Waals surface area contributed by atoms with Gasteiger partial charge in [0.15, 0.2) is 0 Å². The van der Waals surface area contributed by atoms with Crippen molar-refractivity contribution in [1.82, 2.24) is 5.32 Å². The molecule has 110 valence electrons. The number of amides is 1. The van der Waals surface area contributed by atoms with Gasteiger partial charge in [-0.2, -0.15) is 0 Å². The molecule has 0 radical (unpaired) electrons. The molecule has 2 aliphatic carbocycles. The molecule has 1 amide bonds. The molecule has 2 unspecified atom stereocenters. The SMILES string of the molecule is CC(C)C1CCCC(C(=O)NC2CCC(O)CC2)C1. The van der Waals surface area contributed by atoms with Crippen LogP contribution in [0.1, 0.15) is 65.2 Å². The molecule has 0 aromatic rings. The van der Waals surface area contributed by atoms with Gasteiger partial charge in [0.2, 0.25) is 5.91 Å². The molecule has 2 saturated carbocycles. The van der Waals surface area contributed by atoms with Gasteiger partial charge >= 0.3 is 0 Å². The fourth-order valence-corrected chi connectivity index (χ4v) is 3.61. The first-order chi connectivity index (χ1) is 9.06. The van der Waals surface area contributed by atoms with E-state index in [9.17, 15) is 9.90 Å². The van der Waals surface area contributed by atoms with E-state index < -0.39 is 0 Å². The Labute approximate surface area is 117 Å². The van der Waals surface area contributed by atoms with Crippen molar-refractivity contribution in [2.75, 3.05) is 0 Å². The topological polar surface area (TPSA) is 49.3 Å². The highest BCUT2D eigenvalue weighted by molar-refractivity contribution is 5.79. The van der Waals surface area contributed by atoms with Crippen LogP contribution in [0, 0.1) is 17.8 Å². The lowest BCUT2D eigenvalue weighted by Crippen LogP contribution is -2.43. The van der Waals surface area contributed by atoms with Gasteiger partial charge in [-0.15, -0.1) is 0 Å². The van der Waals surface area contributed by atoms with E-state index in [1.807, 2.05) is 0 Å². The predicted molar refractivity (Wildman–Crippen MR) is 76.7 cm³/mol. The van der Waals surface area contributed by atoms with Gasteiger partial charge in [0, 0.05) is 12.0 Å². The molecule has 0 spiro atoms. The second kappa shape index (κ2) is 6.74. The van der Waals surface area contributed by atoms with E-state index >= 15 is 0 Å². The van der Waals surface area contributed by atoms with Gasteiger partial charge in [-0.3, -0.25) is 4.79 Å². The Hall–Kier alpha value is -0.570. The van der Waals surface area contributed by atoms with Crippen molar-refractivity contribution in [3.63, 3.8) is 0 Å². The highest BCUT2D eigenvalue weighted by Crippen LogP contribution is 2.34. The first-order valence-corrected chi connectivity index (χ1v) is 8.04. The molecule has 2 atom stereocenters. The van der Waals surface area contributed by atoms with Crippen LogP contribution in [0.15, 0.2) is 0 Å². The summed E-state index contributed by atoms with van der Waals surface area (Å²) in [6.45, 7) is 4.54. The number of aliphatic hydroxyl groups is 1. The minimum absolute atomic E-state index is 0.145. The third-order valence-electron chi connectivity index (χ3n) is 5.07. The lowest BCUT2D eigenvalue weighted by Gasteiger charge is -2.33. The summed E-state index contributed by atoms with van der Waals surface area (Å²) in [6, 6.07) is 0.301. The minimum Gasteiger partial charge on any atom is -0.393 e. The molecule has 0 aliphatic heterocycles. The van der Waals surface area contributed by atoms with Gasteiger partial charge in [-0.25, -0.2) is 0 Å². The van der Waals surface area contributed by atoms with E-state index in [2.05, 4.69) is 19.2 Å². The Morgan fingerprint density at radius 2 is 1.79 bits per heavy atom. The average molecular weight is 267 g/mol. The van der Waals surface area contributed by atoms with Crippen LogP contribution in [0.3, 0.4) is 0 Å². The number of carbonyl (C=O) groups is 1. The van der Waals surface area contributed by atoms with Crippen molar-refractivity contribution in [3.8, 4) is 0 Å². The van der Waals surface area contributed by atoms with E-state index in [1.54, 1.807) is 0 Å². The molecule has 2 fully saturated rings. The zero-order chi connectivity index (χ0) is 13.8. The zero-order valence-corrected chi connectivity index (χ0v) is 12.4. The van der Waals surface area contributed by atoms with Crippen molar-refractivity contribution < 1.29 is 9.90 Å². The summed E-state index contributed by atoms with van der Waals surface area (Å²) in [6.07, 6.45) is 8.02. The van der Waals surface area contributed by atoms with Gasteiger partial charge in [0.1, 0.15) is 0 Å². The monoisotopic (exact) mass is 267 g/mol. The second-order valence-corrected chi connectivity index (χ2v) is 6.88. The molecule has 2 rings (SSSR count). The van der Waals surface area contributed by atoms with Crippen LogP contribution in [-0.2, 0) is 4.79 Å². The van der Waals surface area contributed by atoms with Gasteiger partial charge in [-0.05, 0) is 50.4 Å². The van der Waals surface area contributed by atoms with Crippen LogP contribution < -0.4 is 5.32 Å². The Kier molecular flexibility index (Phi) is 5.26. The van der Waals surface area contributed by atoms with Crippen molar-refractivity contribution >= 4 is 5.91 Å².